The molecule has 1 aromatic carbocycles. The van der Waals surface area contributed by atoms with Crippen LogP contribution in [-0.4, -0.2) is 18.3 Å². The molecule has 1 N–H and O–H groups in total. The van der Waals surface area contributed by atoms with Crippen LogP contribution in [0.4, 0.5) is 10.5 Å². The average molecular weight is 248 g/mol. The van der Waals surface area contributed by atoms with Crippen LogP contribution >= 0.6 is 0 Å². The summed E-state index contributed by atoms with van der Waals surface area (Å²) in [5, 5.41) is 11.0. The van der Waals surface area contributed by atoms with E-state index in [9.17, 15) is 4.79 Å². The van der Waals surface area contributed by atoms with Crippen molar-refractivity contribution in [2.24, 2.45) is 0 Å². The van der Waals surface area contributed by atoms with E-state index in [0.717, 1.165) is 0 Å². The smallest absolute Gasteiger partial charge is 0.412 e. The third-order valence-electron chi connectivity index (χ3n) is 1.80. The number of nitrogens with zero attached hydrogens (tertiary/aromatic N) is 1. The van der Waals surface area contributed by atoms with Gasteiger partial charge >= 0.3 is 6.09 Å². The first kappa shape index (κ1) is 13.8. The number of nitrogens with one attached hydrogen (secondary N) is 1. The number of amides is 1. The van der Waals surface area contributed by atoms with Gasteiger partial charge in [0.15, 0.2) is 6.61 Å². The van der Waals surface area contributed by atoms with Gasteiger partial charge in [0.05, 0.1) is 0 Å². The van der Waals surface area contributed by atoms with Gasteiger partial charge in [0.2, 0.25) is 0 Å². The Balaban J connectivity index is 2.54. The summed E-state index contributed by atoms with van der Waals surface area (Å²) in [6.45, 7) is 5.39. The van der Waals surface area contributed by atoms with Crippen molar-refractivity contribution in [1.29, 1.82) is 5.26 Å². The summed E-state index contributed by atoms with van der Waals surface area (Å²) in [4.78, 5) is 11.5. The molecule has 96 valence electrons. The van der Waals surface area contributed by atoms with Gasteiger partial charge in [-0.1, -0.05) is 0 Å². The van der Waals surface area contributed by atoms with Gasteiger partial charge in [-0.2, -0.15) is 5.26 Å². The third kappa shape index (κ3) is 5.21. The average Bonchev–Trinajstić information content (AvgIpc) is 2.25. The fraction of sp³-hybridized carbons (Fsp3) is 0.385. The van der Waals surface area contributed by atoms with E-state index in [1.165, 1.54) is 0 Å². The Morgan fingerprint density at radius 3 is 2.44 bits per heavy atom. The number of carbonyl (C=O) groups excluding carboxylic acids is 1. The maximum atomic E-state index is 11.5. The van der Waals surface area contributed by atoms with Crippen molar-refractivity contribution >= 4 is 11.8 Å². The van der Waals surface area contributed by atoms with E-state index < -0.39 is 11.7 Å². The number of hydrogen-bond acceptors (Lipinski definition) is 4. The molecule has 1 amide bonds. The number of nitriles is 1. The van der Waals surface area contributed by atoms with Gasteiger partial charge in [0.1, 0.15) is 17.4 Å². The minimum absolute atomic E-state index is 0.00115. The zero-order chi connectivity index (χ0) is 13.6. The Labute approximate surface area is 106 Å². The Bertz CT molecular complexity index is 441. The quantitative estimate of drug-likeness (QED) is 0.892. The van der Waals surface area contributed by atoms with E-state index in [2.05, 4.69) is 5.32 Å². The number of ether oxygens (including phenoxy) is 2. The van der Waals surface area contributed by atoms with Crippen LogP contribution in [0.3, 0.4) is 0 Å². The van der Waals surface area contributed by atoms with E-state index in [0.29, 0.717) is 11.4 Å². The molecule has 0 saturated heterocycles. The van der Waals surface area contributed by atoms with Crippen molar-refractivity contribution in [1.82, 2.24) is 0 Å². The van der Waals surface area contributed by atoms with E-state index in [1.807, 2.05) is 6.07 Å². The van der Waals surface area contributed by atoms with Gasteiger partial charge in [0.25, 0.3) is 0 Å². The Kier molecular flexibility index (Phi) is 4.55. The summed E-state index contributed by atoms with van der Waals surface area (Å²) in [7, 11) is 0. The molecular weight excluding hydrogens is 232 g/mol. The second-order valence-electron chi connectivity index (χ2n) is 4.60. The topological polar surface area (TPSA) is 71.3 Å². The van der Waals surface area contributed by atoms with Gasteiger partial charge in [-0.15, -0.1) is 0 Å². The van der Waals surface area contributed by atoms with Crippen LogP contribution in [0.1, 0.15) is 20.8 Å². The number of benzene rings is 1. The lowest BCUT2D eigenvalue weighted by atomic mass is 10.2. The first-order valence-electron chi connectivity index (χ1n) is 5.50. The molecule has 0 aromatic heterocycles. The lowest BCUT2D eigenvalue weighted by molar-refractivity contribution is 0.0636. The zero-order valence-corrected chi connectivity index (χ0v) is 10.7. The predicted molar refractivity (Wildman–Crippen MR) is 67.4 cm³/mol. The summed E-state index contributed by atoms with van der Waals surface area (Å²) in [5.74, 6) is 0.575. The molecule has 0 saturated carbocycles. The van der Waals surface area contributed by atoms with Crippen molar-refractivity contribution in [3.05, 3.63) is 24.3 Å². The summed E-state index contributed by atoms with van der Waals surface area (Å²) in [5.41, 5.74) is 0.0773. The molecule has 0 unspecified atom stereocenters. The van der Waals surface area contributed by atoms with Crippen LogP contribution in [0.2, 0.25) is 0 Å². The molecule has 0 aliphatic carbocycles. The van der Waals surface area contributed by atoms with Gasteiger partial charge in [-0.05, 0) is 45.0 Å². The van der Waals surface area contributed by atoms with Gasteiger partial charge < -0.3 is 9.47 Å². The largest absolute Gasteiger partial charge is 0.479 e. The van der Waals surface area contributed by atoms with Crippen LogP contribution in [-0.2, 0) is 4.74 Å². The Morgan fingerprint density at radius 1 is 1.33 bits per heavy atom. The molecule has 0 spiro atoms. The lowest BCUT2D eigenvalue weighted by Crippen LogP contribution is -2.27. The fourth-order valence-electron chi connectivity index (χ4n) is 1.17. The molecular formula is C13H16N2O3. The minimum Gasteiger partial charge on any atom is -0.479 e. The number of rotatable bonds is 3. The van der Waals surface area contributed by atoms with Crippen molar-refractivity contribution in [2.45, 2.75) is 26.4 Å². The van der Waals surface area contributed by atoms with Crippen LogP contribution < -0.4 is 10.1 Å². The molecule has 5 heteroatoms. The van der Waals surface area contributed by atoms with Crippen LogP contribution in [0.25, 0.3) is 0 Å². The molecule has 1 aromatic rings. The van der Waals surface area contributed by atoms with E-state index in [4.69, 9.17) is 14.7 Å². The second-order valence-corrected chi connectivity index (χ2v) is 4.60. The highest BCUT2D eigenvalue weighted by atomic mass is 16.6. The Morgan fingerprint density at radius 2 is 1.94 bits per heavy atom. The maximum Gasteiger partial charge on any atom is 0.412 e. The summed E-state index contributed by atoms with van der Waals surface area (Å²) in [6.07, 6.45) is -0.506. The molecule has 0 atom stereocenters. The van der Waals surface area contributed by atoms with Crippen LogP contribution in [0.15, 0.2) is 24.3 Å². The molecule has 1 rings (SSSR count). The molecule has 0 radical (unpaired) electrons. The van der Waals surface area contributed by atoms with Crippen molar-refractivity contribution in [3.8, 4) is 11.8 Å². The monoisotopic (exact) mass is 248 g/mol. The second kappa shape index (κ2) is 5.92. The van der Waals surface area contributed by atoms with E-state index >= 15 is 0 Å². The minimum atomic E-state index is -0.528. The normalized spacial score (nSPS) is 10.3. The molecule has 18 heavy (non-hydrogen) atoms. The number of anilines is 1. The lowest BCUT2D eigenvalue weighted by Gasteiger charge is -2.19. The summed E-state index contributed by atoms with van der Waals surface area (Å²) < 4.78 is 10.2. The highest BCUT2D eigenvalue weighted by Gasteiger charge is 2.15. The molecule has 0 fully saturated rings. The standard InChI is InChI=1S/C13H16N2O3/c1-13(2,3)18-12(16)15-10-4-6-11(7-5-10)17-9-8-14/h4-7H,9H2,1-3H3,(H,15,16). The maximum absolute atomic E-state index is 11.5. The van der Waals surface area contributed by atoms with Crippen LogP contribution in [0.5, 0.6) is 5.75 Å². The first-order valence-corrected chi connectivity index (χ1v) is 5.50. The SMILES string of the molecule is CC(C)(C)OC(=O)Nc1ccc(OCC#N)cc1. The van der Waals surface area contributed by atoms with Gasteiger partial charge in [-0.25, -0.2) is 4.79 Å². The molecule has 5 nitrogen and oxygen atoms in total. The molecule has 0 bridgehead atoms. The van der Waals surface area contributed by atoms with Gasteiger partial charge in [-0.3, -0.25) is 5.32 Å². The highest BCUT2D eigenvalue weighted by Crippen LogP contribution is 2.16. The summed E-state index contributed by atoms with van der Waals surface area (Å²) in [6, 6.07) is 8.57. The first-order chi connectivity index (χ1) is 8.40. The van der Waals surface area contributed by atoms with Crippen LogP contribution in [0, 0.1) is 11.3 Å². The van der Waals surface area contributed by atoms with E-state index in [-0.39, 0.29) is 6.61 Å². The van der Waals surface area contributed by atoms with Gasteiger partial charge in [0, 0.05) is 5.69 Å². The predicted octanol–water partition coefficient (Wildman–Crippen LogP) is 2.94. The Hall–Kier alpha value is -2.22. The third-order valence-corrected chi connectivity index (χ3v) is 1.80. The van der Waals surface area contributed by atoms with E-state index in [1.54, 1.807) is 45.0 Å². The van der Waals surface area contributed by atoms with Crippen molar-refractivity contribution in [2.75, 3.05) is 11.9 Å². The van der Waals surface area contributed by atoms with Crippen molar-refractivity contribution in [3.63, 3.8) is 0 Å². The molecule has 0 heterocycles. The number of carbonyl (C=O) groups is 1. The zero-order valence-electron chi connectivity index (χ0n) is 10.7. The highest BCUT2D eigenvalue weighted by molar-refractivity contribution is 5.84. The number of hydrogen-bond donors (Lipinski definition) is 1. The molecule has 0 aliphatic heterocycles. The fourth-order valence-corrected chi connectivity index (χ4v) is 1.17. The summed E-state index contributed by atoms with van der Waals surface area (Å²) >= 11 is 0. The van der Waals surface area contributed by atoms with Crippen molar-refractivity contribution < 1.29 is 14.3 Å². The molecule has 0 aliphatic rings.